The molecule has 4 aromatic carbocycles. The van der Waals surface area contributed by atoms with Gasteiger partial charge >= 0.3 is 0 Å². The van der Waals surface area contributed by atoms with Crippen LogP contribution >= 0.6 is 0 Å². The van der Waals surface area contributed by atoms with E-state index in [9.17, 15) is 15.3 Å². The zero-order chi connectivity index (χ0) is 22.8. The summed E-state index contributed by atoms with van der Waals surface area (Å²) in [6.45, 7) is 5.74. The smallest absolute Gasteiger partial charge is 0.169 e. The minimum Gasteiger partial charge on any atom is -0.508 e. The van der Waals surface area contributed by atoms with Crippen LogP contribution < -0.4 is 9.64 Å². The van der Waals surface area contributed by atoms with Crippen LogP contribution in [0.25, 0.3) is 0 Å². The molecule has 4 rings (SSSR count). The second-order valence-corrected chi connectivity index (χ2v) is 7.93. The maximum atomic E-state index is 10.3. The maximum Gasteiger partial charge on any atom is 0.169 e. The maximum absolute atomic E-state index is 10.3. The molecule has 0 fully saturated rings. The van der Waals surface area contributed by atoms with E-state index < -0.39 is 0 Å². The normalized spacial score (nSPS) is 10.7. The summed E-state index contributed by atoms with van der Waals surface area (Å²) < 4.78 is 6.15. The summed E-state index contributed by atoms with van der Waals surface area (Å²) in [6.07, 6.45) is 0. The van der Waals surface area contributed by atoms with Gasteiger partial charge in [-0.3, -0.25) is 0 Å². The molecule has 0 radical (unpaired) electrons. The fourth-order valence-electron chi connectivity index (χ4n) is 3.72. The number of aryl methyl sites for hydroxylation is 3. The molecule has 0 saturated carbocycles. The van der Waals surface area contributed by atoms with Crippen LogP contribution in [0.3, 0.4) is 0 Å². The highest BCUT2D eigenvalue weighted by Gasteiger charge is 2.20. The number of nitrogens with zero attached hydrogens (tertiary/aromatic N) is 1. The number of benzene rings is 4. The van der Waals surface area contributed by atoms with Gasteiger partial charge in [-0.1, -0.05) is 18.2 Å². The van der Waals surface area contributed by atoms with Gasteiger partial charge in [0.25, 0.3) is 0 Å². The molecule has 0 unspecified atom stereocenters. The highest BCUT2D eigenvalue weighted by Crippen LogP contribution is 2.44. The second kappa shape index (κ2) is 8.55. The van der Waals surface area contributed by atoms with Crippen LogP contribution in [0.15, 0.2) is 78.9 Å². The van der Waals surface area contributed by atoms with Crippen molar-refractivity contribution >= 4 is 17.1 Å². The minimum absolute atomic E-state index is 0.0401. The number of phenols is 3. The molecule has 5 heteroatoms. The van der Waals surface area contributed by atoms with Crippen molar-refractivity contribution in [1.29, 1.82) is 0 Å². The lowest BCUT2D eigenvalue weighted by Crippen LogP contribution is -2.11. The highest BCUT2D eigenvalue weighted by molar-refractivity contribution is 5.82. The Kier molecular flexibility index (Phi) is 5.65. The van der Waals surface area contributed by atoms with E-state index in [1.807, 2.05) is 68.1 Å². The zero-order valence-electron chi connectivity index (χ0n) is 18.2. The monoisotopic (exact) mass is 427 g/mol. The molecule has 0 aromatic heterocycles. The lowest BCUT2D eigenvalue weighted by Gasteiger charge is -2.28. The predicted molar refractivity (Wildman–Crippen MR) is 127 cm³/mol. The van der Waals surface area contributed by atoms with Gasteiger partial charge in [-0.25, -0.2) is 0 Å². The van der Waals surface area contributed by atoms with E-state index in [1.165, 1.54) is 0 Å². The Morgan fingerprint density at radius 2 is 1.19 bits per heavy atom. The quantitative estimate of drug-likeness (QED) is 0.320. The van der Waals surface area contributed by atoms with E-state index in [1.54, 1.807) is 36.4 Å². The van der Waals surface area contributed by atoms with E-state index in [-0.39, 0.29) is 17.2 Å². The van der Waals surface area contributed by atoms with Crippen molar-refractivity contribution in [2.75, 3.05) is 4.90 Å². The summed E-state index contributed by atoms with van der Waals surface area (Å²) in [4.78, 5) is 1.90. The molecule has 5 nitrogen and oxygen atoms in total. The summed E-state index contributed by atoms with van der Waals surface area (Å²) in [7, 11) is 0. The topological polar surface area (TPSA) is 73.2 Å². The van der Waals surface area contributed by atoms with Crippen molar-refractivity contribution in [2.24, 2.45) is 0 Å². The third-order valence-electron chi connectivity index (χ3n) is 5.05. The zero-order valence-corrected chi connectivity index (χ0v) is 18.2. The molecule has 0 bridgehead atoms. The average Bonchev–Trinajstić information content (AvgIpc) is 2.71. The van der Waals surface area contributed by atoms with Gasteiger partial charge in [-0.2, -0.15) is 0 Å². The summed E-state index contributed by atoms with van der Waals surface area (Å²) in [5.41, 5.74) is 4.82. The predicted octanol–water partition coefficient (Wildman–Crippen LogP) is 6.99. The Labute approximate surface area is 187 Å². The molecule has 3 N–H and O–H groups in total. The van der Waals surface area contributed by atoms with Crippen LogP contribution in [-0.2, 0) is 0 Å². The van der Waals surface area contributed by atoms with Gasteiger partial charge in [-0.15, -0.1) is 0 Å². The number of hydrogen-bond donors (Lipinski definition) is 3. The molecule has 32 heavy (non-hydrogen) atoms. The van der Waals surface area contributed by atoms with Crippen molar-refractivity contribution in [1.82, 2.24) is 0 Å². The standard InChI is InChI=1S/C27H25NO4/c1-17-8-9-25(31)27(14-17)32-26-7-5-4-6-24(26)28(20-10-18(2)12-22(29)15-20)21-11-19(3)13-23(30)16-21/h4-16,29-31H,1-3H3. The van der Waals surface area contributed by atoms with E-state index in [2.05, 4.69) is 0 Å². The van der Waals surface area contributed by atoms with Gasteiger partial charge in [0.15, 0.2) is 17.2 Å². The molecule has 0 atom stereocenters. The van der Waals surface area contributed by atoms with Crippen LogP contribution in [0.1, 0.15) is 16.7 Å². The molecule has 0 aliphatic carbocycles. The molecule has 0 aliphatic heterocycles. The van der Waals surface area contributed by atoms with Gasteiger partial charge < -0.3 is 25.0 Å². The van der Waals surface area contributed by atoms with Crippen molar-refractivity contribution in [3.05, 3.63) is 95.6 Å². The van der Waals surface area contributed by atoms with E-state index in [0.717, 1.165) is 16.7 Å². The number of rotatable bonds is 5. The molecular weight excluding hydrogens is 402 g/mol. The first kappa shape index (κ1) is 21.1. The van der Waals surface area contributed by atoms with Crippen LogP contribution in [0, 0.1) is 20.8 Å². The number of aromatic hydroxyl groups is 3. The van der Waals surface area contributed by atoms with Crippen LogP contribution in [0.5, 0.6) is 28.7 Å². The molecule has 162 valence electrons. The minimum atomic E-state index is 0.0401. The van der Waals surface area contributed by atoms with Gasteiger partial charge in [0.05, 0.1) is 17.1 Å². The first-order valence-electron chi connectivity index (χ1n) is 10.3. The van der Waals surface area contributed by atoms with Crippen molar-refractivity contribution in [2.45, 2.75) is 20.8 Å². The molecular formula is C27H25NO4. The first-order chi connectivity index (χ1) is 15.3. The number of hydrogen-bond acceptors (Lipinski definition) is 5. The summed E-state index contributed by atoms with van der Waals surface area (Å²) >= 11 is 0. The summed E-state index contributed by atoms with van der Waals surface area (Å²) in [5, 5.41) is 30.9. The van der Waals surface area contributed by atoms with Crippen molar-refractivity contribution in [3.63, 3.8) is 0 Å². The SMILES string of the molecule is Cc1cc(O)cc(N(c2cc(C)cc(O)c2)c2ccccc2Oc2cc(C)ccc2O)c1. The average molecular weight is 428 g/mol. The van der Waals surface area contributed by atoms with Crippen LogP contribution in [0.2, 0.25) is 0 Å². The summed E-state index contributed by atoms with van der Waals surface area (Å²) in [5.74, 6) is 1.17. The lowest BCUT2D eigenvalue weighted by atomic mass is 10.1. The largest absolute Gasteiger partial charge is 0.508 e. The van der Waals surface area contributed by atoms with Crippen molar-refractivity contribution < 1.29 is 20.1 Å². The van der Waals surface area contributed by atoms with E-state index in [0.29, 0.717) is 28.6 Å². The third kappa shape index (κ3) is 4.47. The highest BCUT2D eigenvalue weighted by atomic mass is 16.5. The van der Waals surface area contributed by atoms with Crippen LogP contribution in [0.4, 0.5) is 17.1 Å². The lowest BCUT2D eigenvalue weighted by molar-refractivity contribution is 0.411. The van der Waals surface area contributed by atoms with Crippen LogP contribution in [-0.4, -0.2) is 15.3 Å². The third-order valence-corrected chi connectivity index (χ3v) is 5.05. The Morgan fingerprint density at radius 1 is 0.594 bits per heavy atom. The number of anilines is 3. The molecule has 0 saturated heterocycles. The Hall–Kier alpha value is -4.12. The second-order valence-electron chi connectivity index (χ2n) is 7.93. The first-order valence-corrected chi connectivity index (χ1v) is 10.3. The molecule has 0 heterocycles. The summed E-state index contributed by atoms with van der Waals surface area (Å²) in [6, 6.07) is 23.2. The molecule has 0 spiro atoms. The van der Waals surface area contributed by atoms with Gasteiger partial charge in [-0.05, 0) is 86.0 Å². The van der Waals surface area contributed by atoms with Gasteiger partial charge in [0, 0.05) is 12.1 Å². The van der Waals surface area contributed by atoms with Gasteiger partial charge in [0.1, 0.15) is 11.5 Å². The van der Waals surface area contributed by atoms with Crippen molar-refractivity contribution in [3.8, 4) is 28.7 Å². The Bertz CT molecular complexity index is 1190. The number of phenolic OH excluding ortho intramolecular Hbond substituents is 3. The fraction of sp³-hybridized carbons (Fsp3) is 0.111. The fourth-order valence-corrected chi connectivity index (χ4v) is 3.72. The molecule has 4 aromatic rings. The van der Waals surface area contributed by atoms with E-state index in [4.69, 9.17) is 4.74 Å². The number of para-hydroxylation sites is 2. The number of ether oxygens (including phenoxy) is 1. The van der Waals surface area contributed by atoms with Gasteiger partial charge in [0.2, 0.25) is 0 Å². The Balaban J connectivity index is 1.91. The Morgan fingerprint density at radius 3 is 1.78 bits per heavy atom. The van der Waals surface area contributed by atoms with E-state index >= 15 is 0 Å². The molecule has 0 aliphatic rings. The molecule has 0 amide bonds.